The largest absolute Gasteiger partial charge is 0.476 e. The number of amides is 1. The van der Waals surface area contributed by atoms with Crippen LogP contribution in [0, 0.1) is 0 Å². The first-order chi connectivity index (χ1) is 13.1. The zero-order valence-electron chi connectivity index (χ0n) is 14.8. The van der Waals surface area contributed by atoms with Crippen LogP contribution in [-0.4, -0.2) is 47.9 Å². The summed E-state index contributed by atoms with van der Waals surface area (Å²) in [5.41, 5.74) is 1.80. The Morgan fingerprint density at radius 3 is 2.89 bits per heavy atom. The SMILES string of the molecule is O=C(CCOC1CCOCC1)NCc1cccc(-c2nc(C(=O)O)cs2)c1. The molecule has 7 nitrogen and oxygen atoms in total. The van der Waals surface area contributed by atoms with Gasteiger partial charge in [0.15, 0.2) is 5.69 Å². The zero-order chi connectivity index (χ0) is 19.1. The molecule has 2 heterocycles. The van der Waals surface area contributed by atoms with Crippen LogP contribution in [0.15, 0.2) is 29.6 Å². The van der Waals surface area contributed by atoms with Crippen molar-refractivity contribution in [1.82, 2.24) is 10.3 Å². The Bertz CT molecular complexity index is 786. The van der Waals surface area contributed by atoms with Gasteiger partial charge in [-0.25, -0.2) is 9.78 Å². The maximum absolute atomic E-state index is 12.0. The number of hydrogen-bond acceptors (Lipinski definition) is 6. The summed E-state index contributed by atoms with van der Waals surface area (Å²) in [5.74, 6) is -1.10. The van der Waals surface area contributed by atoms with Crippen molar-refractivity contribution < 1.29 is 24.2 Å². The van der Waals surface area contributed by atoms with Crippen molar-refractivity contribution >= 4 is 23.2 Å². The quantitative estimate of drug-likeness (QED) is 0.719. The minimum atomic E-state index is -1.04. The molecule has 144 valence electrons. The van der Waals surface area contributed by atoms with Crippen LogP contribution >= 0.6 is 11.3 Å². The van der Waals surface area contributed by atoms with Crippen molar-refractivity contribution in [2.45, 2.75) is 31.9 Å². The van der Waals surface area contributed by atoms with Gasteiger partial charge in [0.2, 0.25) is 5.91 Å². The summed E-state index contributed by atoms with van der Waals surface area (Å²) in [6.45, 7) is 2.26. The first-order valence-corrected chi connectivity index (χ1v) is 9.74. The number of ether oxygens (including phenoxy) is 2. The van der Waals surface area contributed by atoms with Crippen molar-refractivity contribution in [3.8, 4) is 10.6 Å². The molecule has 1 aliphatic heterocycles. The summed E-state index contributed by atoms with van der Waals surface area (Å²) in [5, 5.41) is 14.0. The number of thiazole rings is 1. The third kappa shape index (κ3) is 5.85. The third-order valence-electron chi connectivity index (χ3n) is 4.24. The van der Waals surface area contributed by atoms with Gasteiger partial charge in [0, 0.05) is 37.1 Å². The number of nitrogens with zero attached hydrogens (tertiary/aromatic N) is 1. The molecule has 0 unspecified atom stereocenters. The first kappa shape index (κ1) is 19.5. The van der Waals surface area contributed by atoms with Gasteiger partial charge >= 0.3 is 5.97 Å². The number of rotatable bonds is 8. The average Bonchev–Trinajstić information content (AvgIpc) is 3.18. The number of aromatic carboxylic acids is 1. The molecule has 1 saturated heterocycles. The highest BCUT2D eigenvalue weighted by Gasteiger charge is 2.14. The Labute approximate surface area is 161 Å². The Morgan fingerprint density at radius 2 is 2.15 bits per heavy atom. The van der Waals surface area contributed by atoms with Gasteiger partial charge in [-0.1, -0.05) is 18.2 Å². The number of nitrogens with one attached hydrogen (secondary N) is 1. The number of aromatic nitrogens is 1. The van der Waals surface area contributed by atoms with E-state index in [2.05, 4.69) is 10.3 Å². The first-order valence-electron chi connectivity index (χ1n) is 8.86. The van der Waals surface area contributed by atoms with E-state index in [0.717, 1.165) is 37.2 Å². The fraction of sp³-hybridized carbons (Fsp3) is 0.421. The molecule has 0 atom stereocenters. The van der Waals surface area contributed by atoms with Crippen LogP contribution < -0.4 is 5.32 Å². The van der Waals surface area contributed by atoms with E-state index in [-0.39, 0.29) is 17.7 Å². The van der Waals surface area contributed by atoms with E-state index < -0.39 is 5.97 Å². The van der Waals surface area contributed by atoms with Crippen LogP contribution in [0.1, 0.15) is 35.3 Å². The van der Waals surface area contributed by atoms with Crippen molar-refractivity contribution in [3.05, 3.63) is 40.9 Å². The highest BCUT2D eigenvalue weighted by Crippen LogP contribution is 2.24. The van der Waals surface area contributed by atoms with Crippen LogP contribution in [0.4, 0.5) is 0 Å². The summed E-state index contributed by atoms with van der Waals surface area (Å²) < 4.78 is 11.0. The Kier molecular flexibility index (Phi) is 6.92. The molecular weight excluding hydrogens is 368 g/mol. The van der Waals surface area contributed by atoms with Gasteiger partial charge in [-0.2, -0.15) is 0 Å². The van der Waals surface area contributed by atoms with Crippen molar-refractivity contribution in [2.75, 3.05) is 19.8 Å². The standard InChI is InChI=1S/C19H22N2O5S/c22-17(6-9-26-15-4-7-25-8-5-15)20-11-13-2-1-3-14(10-13)18-21-16(12-27-18)19(23)24/h1-3,10,12,15H,4-9,11H2,(H,20,22)(H,23,24). The van der Waals surface area contributed by atoms with Gasteiger partial charge in [-0.05, 0) is 24.5 Å². The molecule has 2 N–H and O–H groups in total. The number of hydrogen-bond donors (Lipinski definition) is 2. The van der Waals surface area contributed by atoms with Crippen molar-refractivity contribution in [1.29, 1.82) is 0 Å². The third-order valence-corrected chi connectivity index (χ3v) is 5.13. The van der Waals surface area contributed by atoms with E-state index in [1.165, 1.54) is 16.7 Å². The molecule has 1 aromatic carbocycles. The molecular formula is C19H22N2O5S. The van der Waals surface area contributed by atoms with Gasteiger partial charge in [0.25, 0.3) is 0 Å². The van der Waals surface area contributed by atoms with Crippen LogP contribution in [-0.2, 0) is 20.8 Å². The van der Waals surface area contributed by atoms with Crippen LogP contribution in [0.3, 0.4) is 0 Å². The fourth-order valence-electron chi connectivity index (χ4n) is 2.77. The molecule has 3 rings (SSSR count). The summed E-state index contributed by atoms with van der Waals surface area (Å²) in [7, 11) is 0. The number of carbonyl (C=O) groups excluding carboxylic acids is 1. The lowest BCUT2D eigenvalue weighted by molar-refractivity contribution is -0.123. The molecule has 0 aliphatic carbocycles. The topological polar surface area (TPSA) is 97.8 Å². The minimum Gasteiger partial charge on any atom is -0.476 e. The second-order valence-electron chi connectivity index (χ2n) is 6.25. The highest BCUT2D eigenvalue weighted by molar-refractivity contribution is 7.13. The molecule has 1 aromatic heterocycles. The minimum absolute atomic E-state index is 0.0400. The van der Waals surface area contributed by atoms with Crippen LogP contribution in [0.25, 0.3) is 10.6 Å². The maximum Gasteiger partial charge on any atom is 0.355 e. The van der Waals surface area contributed by atoms with E-state index in [1.807, 2.05) is 24.3 Å². The molecule has 1 aliphatic rings. The second-order valence-corrected chi connectivity index (χ2v) is 7.11. The second kappa shape index (κ2) is 9.59. The molecule has 1 fully saturated rings. The van der Waals surface area contributed by atoms with Gasteiger partial charge < -0.3 is 19.9 Å². The van der Waals surface area contributed by atoms with Gasteiger partial charge in [-0.3, -0.25) is 4.79 Å². The summed E-state index contributed by atoms with van der Waals surface area (Å²) in [4.78, 5) is 27.1. The molecule has 1 amide bonds. The molecule has 0 radical (unpaired) electrons. The van der Waals surface area contributed by atoms with Crippen LogP contribution in [0.5, 0.6) is 0 Å². The average molecular weight is 390 g/mol. The predicted molar refractivity (Wildman–Crippen MR) is 101 cm³/mol. The Hall–Kier alpha value is -2.29. The summed E-state index contributed by atoms with van der Waals surface area (Å²) in [6.07, 6.45) is 2.28. The Morgan fingerprint density at radius 1 is 1.33 bits per heavy atom. The number of carbonyl (C=O) groups is 2. The normalized spacial score (nSPS) is 14.8. The predicted octanol–water partition coefficient (Wildman–Crippen LogP) is 2.71. The lowest BCUT2D eigenvalue weighted by Crippen LogP contribution is -2.27. The molecule has 2 aromatic rings. The van der Waals surface area contributed by atoms with E-state index in [9.17, 15) is 9.59 Å². The van der Waals surface area contributed by atoms with E-state index in [0.29, 0.717) is 24.6 Å². The monoisotopic (exact) mass is 390 g/mol. The van der Waals surface area contributed by atoms with E-state index in [1.54, 1.807) is 0 Å². The maximum atomic E-state index is 12.0. The molecule has 0 spiro atoms. The molecule has 0 bridgehead atoms. The van der Waals surface area contributed by atoms with Gasteiger partial charge in [0.1, 0.15) is 5.01 Å². The summed E-state index contributed by atoms with van der Waals surface area (Å²) >= 11 is 1.28. The van der Waals surface area contributed by atoms with Crippen molar-refractivity contribution in [2.24, 2.45) is 0 Å². The number of carboxylic acid groups (broad SMARTS) is 1. The molecule has 8 heteroatoms. The Balaban J connectivity index is 1.46. The fourth-order valence-corrected chi connectivity index (χ4v) is 3.56. The van der Waals surface area contributed by atoms with Crippen LogP contribution in [0.2, 0.25) is 0 Å². The smallest absolute Gasteiger partial charge is 0.355 e. The van der Waals surface area contributed by atoms with E-state index in [4.69, 9.17) is 14.6 Å². The number of carboxylic acids is 1. The zero-order valence-corrected chi connectivity index (χ0v) is 15.7. The lowest BCUT2D eigenvalue weighted by Gasteiger charge is -2.22. The van der Waals surface area contributed by atoms with Gasteiger partial charge in [0.05, 0.1) is 12.7 Å². The molecule has 0 saturated carbocycles. The van der Waals surface area contributed by atoms with Gasteiger partial charge in [-0.15, -0.1) is 11.3 Å². The summed E-state index contributed by atoms with van der Waals surface area (Å²) in [6, 6.07) is 7.56. The van der Waals surface area contributed by atoms with E-state index >= 15 is 0 Å². The highest BCUT2D eigenvalue weighted by atomic mass is 32.1. The lowest BCUT2D eigenvalue weighted by atomic mass is 10.1. The van der Waals surface area contributed by atoms with Crippen molar-refractivity contribution in [3.63, 3.8) is 0 Å². The number of benzene rings is 1. The molecule has 27 heavy (non-hydrogen) atoms.